The van der Waals surface area contributed by atoms with Crippen LogP contribution in [0.3, 0.4) is 0 Å². The van der Waals surface area contributed by atoms with Gasteiger partial charge in [0.1, 0.15) is 4.88 Å². The second kappa shape index (κ2) is 8.92. The molecule has 7 nitrogen and oxygen atoms in total. The quantitative estimate of drug-likeness (QED) is 0.341. The SMILES string of the molecule is O=C(OCC(=O)N(Cc1ccccc1)c1ccccc1)c1ccc([N+](=O)[O-])s1. The van der Waals surface area contributed by atoms with Crippen LogP contribution < -0.4 is 4.90 Å². The van der Waals surface area contributed by atoms with Crippen LogP contribution in [0, 0.1) is 10.1 Å². The third kappa shape index (κ3) is 4.80. The molecule has 0 spiro atoms. The van der Waals surface area contributed by atoms with Crippen molar-refractivity contribution < 1.29 is 19.2 Å². The number of anilines is 1. The molecule has 0 aliphatic rings. The molecule has 1 aromatic heterocycles. The van der Waals surface area contributed by atoms with Crippen molar-refractivity contribution in [2.24, 2.45) is 0 Å². The van der Waals surface area contributed by atoms with Gasteiger partial charge in [-0.15, -0.1) is 0 Å². The maximum atomic E-state index is 12.7. The van der Waals surface area contributed by atoms with Gasteiger partial charge in [-0.3, -0.25) is 14.9 Å². The first-order chi connectivity index (χ1) is 13.5. The lowest BCUT2D eigenvalue weighted by atomic mass is 10.2. The van der Waals surface area contributed by atoms with Crippen LogP contribution in [0.2, 0.25) is 0 Å². The predicted octanol–water partition coefficient (Wildman–Crippen LogP) is 4.05. The Labute approximate surface area is 164 Å². The largest absolute Gasteiger partial charge is 0.451 e. The first-order valence-electron chi connectivity index (χ1n) is 8.35. The van der Waals surface area contributed by atoms with Crippen LogP contribution in [0.25, 0.3) is 0 Å². The van der Waals surface area contributed by atoms with Gasteiger partial charge in [-0.1, -0.05) is 59.9 Å². The van der Waals surface area contributed by atoms with E-state index in [1.807, 2.05) is 48.5 Å². The van der Waals surface area contributed by atoms with E-state index in [4.69, 9.17) is 4.74 Å². The van der Waals surface area contributed by atoms with Gasteiger partial charge in [0.15, 0.2) is 6.61 Å². The van der Waals surface area contributed by atoms with Crippen molar-refractivity contribution in [1.29, 1.82) is 0 Å². The van der Waals surface area contributed by atoms with Gasteiger partial charge in [0, 0.05) is 11.8 Å². The molecule has 28 heavy (non-hydrogen) atoms. The molecule has 1 amide bonds. The molecule has 2 aromatic carbocycles. The summed E-state index contributed by atoms with van der Waals surface area (Å²) in [6, 6.07) is 21.1. The molecule has 0 radical (unpaired) electrons. The molecule has 142 valence electrons. The van der Waals surface area contributed by atoms with E-state index in [1.54, 1.807) is 12.1 Å². The Morgan fingerprint density at radius 1 is 0.964 bits per heavy atom. The topological polar surface area (TPSA) is 89.8 Å². The van der Waals surface area contributed by atoms with Crippen molar-refractivity contribution in [3.05, 3.63) is 93.4 Å². The number of nitrogens with zero attached hydrogens (tertiary/aromatic N) is 2. The third-order valence-electron chi connectivity index (χ3n) is 3.85. The number of ether oxygens (including phenoxy) is 1. The highest BCUT2D eigenvalue weighted by Gasteiger charge is 2.21. The molecule has 0 saturated carbocycles. The molecule has 8 heteroatoms. The fourth-order valence-corrected chi connectivity index (χ4v) is 3.22. The van der Waals surface area contributed by atoms with E-state index in [0.29, 0.717) is 23.6 Å². The standard InChI is InChI=1S/C20H16N2O5S/c23-18(14-27-20(24)17-11-12-19(28-17)22(25)26)21(16-9-5-2-6-10-16)13-15-7-3-1-4-8-15/h1-12H,13-14H2. The third-order valence-corrected chi connectivity index (χ3v) is 4.87. The Kier molecular flexibility index (Phi) is 6.13. The highest BCUT2D eigenvalue weighted by Crippen LogP contribution is 2.24. The van der Waals surface area contributed by atoms with E-state index < -0.39 is 23.4 Å². The molecule has 0 saturated heterocycles. The van der Waals surface area contributed by atoms with Gasteiger partial charge in [-0.25, -0.2) is 4.79 Å². The Morgan fingerprint density at radius 3 is 2.21 bits per heavy atom. The zero-order valence-electron chi connectivity index (χ0n) is 14.7. The number of amides is 1. The van der Waals surface area contributed by atoms with Crippen LogP contribution >= 0.6 is 11.3 Å². The normalized spacial score (nSPS) is 10.3. The zero-order valence-corrected chi connectivity index (χ0v) is 15.5. The minimum Gasteiger partial charge on any atom is -0.451 e. The Morgan fingerprint density at radius 2 is 1.61 bits per heavy atom. The van der Waals surface area contributed by atoms with Gasteiger partial charge in [0.05, 0.1) is 11.5 Å². The Bertz CT molecular complexity index is 973. The summed E-state index contributed by atoms with van der Waals surface area (Å²) >= 11 is 0.710. The summed E-state index contributed by atoms with van der Waals surface area (Å²) in [5.74, 6) is -1.16. The minimum absolute atomic E-state index is 0.0776. The van der Waals surface area contributed by atoms with Crippen LogP contribution in [-0.2, 0) is 16.1 Å². The second-order valence-corrected chi connectivity index (χ2v) is 6.83. The summed E-state index contributed by atoms with van der Waals surface area (Å²) in [6.07, 6.45) is 0. The monoisotopic (exact) mass is 396 g/mol. The highest BCUT2D eigenvalue weighted by molar-refractivity contribution is 7.17. The average Bonchev–Trinajstić information content (AvgIpc) is 3.22. The molecule has 0 bridgehead atoms. The van der Waals surface area contributed by atoms with Crippen molar-refractivity contribution >= 4 is 33.9 Å². The number of thiophene rings is 1. The molecule has 0 aliphatic heterocycles. The molecular weight excluding hydrogens is 380 g/mol. The van der Waals surface area contributed by atoms with Gasteiger partial charge in [0.25, 0.3) is 5.91 Å². The minimum atomic E-state index is -0.765. The summed E-state index contributed by atoms with van der Waals surface area (Å²) in [5.41, 5.74) is 1.61. The summed E-state index contributed by atoms with van der Waals surface area (Å²) in [6.45, 7) is -0.141. The number of hydrogen-bond acceptors (Lipinski definition) is 6. The molecule has 1 heterocycles. The fraction of sp³-hybridized carbons (Fsp3) is 0.100. The van der Waals surface area contributed by atoms with Crippen molar-refractivity contribution in [2.45, 2.75) is 6.54 Å². The Hall–Kier alpha value is -3.52. The number of benzene rings is 2. The predicted molar refractivity (Wildman–Crippen MR) is 105 cm³/mol. The van der Waals surface area contributed by atoms with Crippen molar-refractivity contribution in [1.82, 2.24) is 0 Å². The maximum Gasteiger partial charge on any atom is 0.349 e. The maximum absolute atomic E-state index is 12.7. The molecule has 0 N–H and O–H groups in total. The van der Waals surface area contributed by atoms with Crippen molar-refractivity contribution in [3.63, 3.8) is 0 Å². The van der Waals surface area contributed by atoms with Crippen LogP contribution in [0.4, 0.5) is 10.7 Å². The van der Waals surface area contributed by atoms with Crippen molar-refractivity contribution in [3.8, 4) is 0 Å². The first kappa shape index (κ1) is 19.2. The van der Waals surface area contributed by atoms with Crippen LogP contribution in [-0.4, -0.2) is 23.4 Å². The van der Waals surface area contributed by atoms with Crippen LogP contribution in [0.1, 0.15) is 15.2 Å². The van der Waals surface area contributed by atoms with Crippen LogP contribution in [0.15, 0.2) is 72.8 Å². The number of rotatable bonds is 7. The molecule has 3 rings (SSSR count). The van der Waals surface area contributed by atoms with E-state index in [9.17, 15) is 19.7 Å². The molecule has 0 aliphatic carbocycles. The summed E-state index contributed by atoms with van der Waals surface area (Å²) in [7, 11) is 0. The fourth-order valence-electron chi connectivity index (χ4n) is 2.51. The molecule has 0 atom stereocenters. The molecule has 3 aromatic rings. The number of hydrogen-bond donors (Lipinski definition) is 0. The van der Waals surface area contributed by atoms with E-state index in [2.05, 4.69) is 0 Å². The van der Waals surface area contributed by atoms with E-state index >= 15 is 0 Å². The van der Waals surface area contributed by atoms with E-state index in [0.717, 1.165) is 5.56 Å². The number of carbonyl (C=O) groups is 2. The summed E-state index contributed by atoms with van der Waals surface area (Å²) in [4.78, 5) is 36.6. The molecule has 0 unspecified atom stereocenters. The number of esters is 1. The average molecular weight is 396 g/mol. The lowest BCUT2D eigenvalue weighted by molar-refractivity contribution is -0.380. The van der Waals surface area contributed by atoms with Crippen molar-refractivity contribution in [2.75, 3.05) is 11.5 Å². The van der Waals surface area contributed by atoms with Gasteiger partial charge < -0.3 is 9.64 Å². The van der Waals surface area contributed by atoms with Gasteiger partial charge in [0.2, 0.25) is 0 Å². The number of nitro groups is 1. The van der Waals surface area contributed by atoms with Gasteiger partial charge in [-0.2, -0.15) is 0 Å². The zero-order chi connectivity index (χ0) is 19.9. The second-order valence-electron chi connectivity index (χ2n) is 5.77. The highest BCUT2D eigenvalue weighted by atomic mass is 32.1. The lowest BCUT2D eigenvalue weighted by Crippen LogP contribution is -2.34. The van der Waals surface area contributed by atoms with E-state index in [1.165, 1.54) is 17.0 Å². The van der Waals surface area contributed by atoms with Gasteiger partial charge in [-0.05, 0) is 23.8 Å². The summed E-state index contributed by atoms with van der Waals surface area (Å²) in [5, 5.41) is 10.6. The number of para-hydroxylation sites is 1. The molecular formula is C20H16N2O5S. The first-order valence-corrected chi connectivity index (χ1v) is 9.17. The smallest absolute Gasteiger partial charge is 0.349 e. The lowest BCUT2D eigenvalue weighted by Gasteiger charge is -2.23. The number of carbonyl (C=O) groups excluding carboxylic acids is 2. The van der Waals surface area contributed by atoms with E-state index in [-0.39, 0.29) is 9.88 Å². The van der Waals surface area contributed by atoms with Crippen LogP contribution in [0.5, 0.6) is 0 Å². The summed E-state index contributed by atoms with van der Waals surface area (Å²) < 4.78 is 5.08. The molecule has 0 fully saturated rings. The van der Waals surface area contributed by atoms with Gasteiger partial charge >= 0.3 is 11.0 Å². The Balaban J connectivity index is 1.70.